The van der Waals surface area contributed by atoms with Gasteiger partial charge >= 0.3 is 0 Å². The number of alkyl halides is 1. The Bertz CT molecular complexity index is 630. The van der Waals surface area contributed by atoms with E-state index >= 15 is 0 Å². The molecule has 0 amide bonds. The molecule has 2 aromatic rings. The second kappa shape index (κ2) is 5.94. The van der Waals surface area contributed by atoms with E-state index in [1.54, 1.807) is 0 Å². The van der Waals surface area contributed by atoms with Crippen molar-refractivity contribution in [2.24, 2.45) is 5.92 Å². The highest BCUT2D eigenvalue weighted by Crippen LogP contribution is 2.25. The predicted octanol–water partition coefficient (Wildman–Crippen LogP) is 5.47. The Morgan fingerprint density at radius 1 is 1.32 bits per heavy atom. The van der Waals surface area contributed by atoms with Gasteiger partial charge in [-0.15, -0.1) is 11.6 Å². The maximum atomic E-state index is 6.26. The van der Waals surface area contributed by atoms with E-state index in [-0.39, 0.29) is 0 Å². The van der Waals surface area contributed by atoms with Crippen LogP contribution in [0.15, 0.2) is 29.8 Å². The largest absolute Gasteiger partial charge is 0.235 e. The lowest BCUT2D eigenvalue weighted by atomic mass is 10.0. The lowest BCUT2D eigenvalue weighted by Crippen LogP contribution is -1.96. The third kappa shape index (κ3) is 3.29. The van der Waals surface area contributed by atoms with Gasteiger partial charge in [0.2, 0.25) is 0 Å². The summed E-state index contributed by atoms with van der Waals surface area (Å²) in [6.07, 6.45) is 2.05. The molecule has 1 aromatic carbocycles. The van der Waals surface area contributed by atoms with E-state index in [9.17, 15) is 0 Å². The van der Waals surface area contributed by atoms with Crippen molar-refractivity contribution in [3.05, 3.63) is 46.1 Å². The molecule has 1 nitrogen and oxygen atoms in total. The molecular weight excluding hydrogens is 277 g/mol. The van der Waals surface area contributed by atoms with Gasteiger partial charge in [0.15, 0.2) is 0 Å². The van der Waals surface area contributed by atoms with E-state index in [4.69, 9.17) is 23.2 Å². The Morgan fingerprint density at radius 3 is 2.68 bits per heavy atom. The van der Waals surface area contributed by atoms with Crippen LogP contribution in [0.3, 0.4) is 0 Å². The van der Waals surface area contributed by atoms with E-state index in [1.165, 1.54) is 5.56 Å². The second-order valence-electron chi connectivity index (χ2n) is 5.07. The summed E-state index contributed by atoms with van der Waals surface area (Å²) in [7, 11) is 0. The Balaban J connectivity index is 2.55. The van der Waals surface area contributed by atoms with Gasteiger partial charge in [-0.3, -0.25) is 0 Å². The van der Waals surface area contributed by atoms with Crippen molar-refractivity contribution in [1.82, 2.24) is 4.98 Å². The number of aryl methyl sites for hydroxylation is 1. The quantitative estimate of drug-likeness (QED) is 0.540. The zero-order chi connectivity index (χ0) is 14.0. The second-order valence-corrected chi connectivity index (χ2v) is 5.70. The molecular formula is C16H17Cl2N. The number of pyridine rings is 1. The molecule has 0 aliphatic carbocycles. The number of fused-ring (bicyclic) bond motifs is 1. The third-order valence-electron chi connectivity index (χ3n) is 3.19. The zero-order valence-electron chi connectivity index (χ0n) is 11.4. The number of nitrogens with zero attached hydrogens (tertiary/aromatic N) is 1. The normalized spacial score (nSPS) is 12.4. The Hall–Kier alpha value is -1.05. The molecule has 0 fully saturated rings. The number of hydrogen-bond donors (Lipinski definition) is 0. The highest BCUT2D eigenvalue weighted by molar-refractivity contribution is 6.31. The minimum Gasteiger partial charge on any atom is -0.235 e. The van der Waals surface area contributed by atoms with Gasteiger partial charge in [-0.1, -0.05) is 49.2 Å². The van der Waals surface area contributed by atoms with Gasteiger partial charge in [-0.25, -0.2) is 4.98 Å². The molecule has 0 bridgehead atoms. The highest BCUT2D eigenvalue weighted by atomic mass is 35.5. The van der Waals surface area contributed by atoms with Crippen molar-refractivity contribution < 1.29 is 0 Å². The molecule has 0 aliphatic heterocycles. The van der Waals surface area contributed by atoms with Crippen molar-refractivity contribution >= 4 is 40.2 Å². The van der Waals surface area contributed by atoms with Crippen LogP contribution in [0, 0.1) is 12.8 Å². The Kier molecular flexibility index (Phi) is 4.49. The molecule has 1 aromatic heterocycles. The number of aromatic nitrogens is 1. The Labute approximate surface area is 124 Å². The summed E-state index contributed by atoms with van der Waals surface area (Å²) in [6.45, 7) is 6.30. The van der Waals surface area contributed by atoms with E-state index in [1.807, 2.05) is 19.1 Å². The van der Waals surface area contributed by atoms with Gasteiger partial charge in [0.25, 0.3) is 0 Å². The maximum Gasteiger partial charge on any atom is 0.136 e. The summed E-state index contributed by atoms with van der Waals surface area (Å²) in [5.41, 5.74) is 4.21. The number of rotatable bonds is 3. The van der Waals surface area contributed by atoms with Crippen LogP contribution in [0.4, 0.5) is 0 Å². The number of hydrogen-bond acceptors (Lipinski definition) is 1. The van der Waals surface area contributed by atoms with E-state index in [0.717, 1.165) is 22.0 Å². The molecule has 0 saturated heterocycles. The van der Waals surface area contributed by atoms with Crippen molar-refractivity contribution in [2.75, 3.05) is 5.88 Å². The first-order valence-corrected chi connectivity index (χ1v) is 7.26. The van der Waals surface area contributed by atoms with Crippen molar-refractivity contribution in [2.45, 2.75) is 20.8 Å². The monoisotopic (exact) mass is 293 g/mol. The average Bonchev–Trinajstić information content (AvgIpc) is 2.35. The van der Waals surface area contributed by atoms with E-state index in [2.05, 4.69) is 37.0 Å². The first-order chi connectivity index (χ1) is 9.01. The maximum absolute atomic E-state index is 6.26. The molecule has 3 heteroatoms. The first kappa shape index (κ1) is 14.4. The fourth-order valence-electron chi connectivity index (χ4n) is 1.93. The molecule has 0 spiro atoms. The smallest absolute Gasteiger partial charge is 0.136 e. The summed E-state index contributed by atoms with van der Waals surface area (Å²) in [5, 5.41) is 1.63. The highest BCUT2D eigenvalue weighted by Gasteiger charge is 2.07. The molecule has 19 heavy (non-hydrogen) atoms. The van der Waals surface area contributed by atoms with E-state index in [0.29, 0.717) is 17.0 Å². The molecule has 0 radical (unpaired) electrons. The van der Waals surface area contributed by atoms with Crippen molar-refractivity contribution in [3.63, 3.8) is 0 Å². The summed E-state index contributed by atoms with van der Waals surface area (Å²) < 4.78 is 0. The SMILES string of the molecule is Cc1ccc2cc(C=C(CCl)C(C)C)c(Cl)nc2c1. The van der Waals surface area contributed by atoms with Crippen LogP contribution in [0.2, 0.25) is 5.15 Å². The molecule has 100 valence electrons. The van der Waals surface area contributed by atoms with E-state index < -0.39 is 0 Å². The van der Waals surface area contributed by atoms with Crippen LogP contribution >= 0.6 is 23.2 Å². The van der Waals surface area contributed by atoms with Crippen LogP contribution in [0.1, 0.15) is 25.0 Å². The number of allylic oxidation sites excluding steroid dienone is 1. The van der Waals surface area contributed by atoms with Crippen LogP contribution in [0.5, 0.6) is 0 Å². The van der Waals surface area contributed by atoms with Gasteiger partial charge in [-0.2, -0.15) is 0 Å². The van der Waals surface area contributed by atoms with Crippen LogP contribution in [-0.2, 0) is 0 Å². The minimum absolute atomic E-state index is 0.405. The van der Waals surface area contributed by atoms with Crippen molar-refractivity contribution in [3.8, 4) is 0 Å². The zero-order valence-corrected chi connectivity index (χ0v) is 12.9. The van der Waals surface area contributed by atoms with Crippen LogP contribution < -0.4 is 0 Å². The third-order valence-corrected chi connectivity index (χ3v) is 3.80. The lowest BCUT2D eigenvalue weighted by Gasteiger charge is -2.09. The molecule has 2 rings (SSSR count). The van der Waals surface area contributed by atoms with Gasteiger partial charge < -0.3 is 0 Å². The minimum atomic E-state index is 0.405. The molecule has 0 N–H and O–H groups in total. The molecule has 0 saturated carbocycles. The predicted molar refractivity (Wildman–Crippen MR) is 85.0 cm³/mol. The van der Waals surface area contributed by atoms with Gasteiger partial charge in [0, 0.05) is 16.8 Å². The summed E-state index contributed by atoms with van der Waals surface area (Å²) >= 11 is 12.2. The van der Waals surface area contributed by atoms with Gasteiger partial charge in [-0.05, 0) is 30.5 Å². The number of benzene rings is 1. The summed E-state index contributed by atoms with van der Waals surface area (Å²) in [6, 6.07) is 8.26. The molecule has 0 aliphatic rings. The summed E-state index contributed by atoms with van der Waals surface area (Å²) in [5.74, 6) is 0.919. The first-order valence-electron chi connectivity index (χ1n) is 6.34. The molecule has 0 unspecified atom stereocenters. The fraction of sp³-hybridized carbons (Fsp3) is 0.312. The lowest BCUT2D eigenvalue weighted by molar-refractivity contribution is 0.778. The topological polar surface area (TPSA) is 12.9 Å². The number of halogens is 2. The summed E-state index contributed by atoms with van der Waals surface area (Å²) in [4.78, 5) is 4.46. The van der Waals surface area contributed by atoms with Crippen molar-refractivity contribution in [1.29, 1.82) is 0 Å². The standard InChI is InChI=1S/C16H17Cl2N/c1-10(2)14(9-17)8-13-7-12-5-4-11(3)6-15(12)19-16(13)18/h4-8,10H,9H2,1-3H3. The van der Waals surface area contributed by atoms with Gasteiger partial charge in [0.1, 0.15) is 5.15 Å². The van der Waals surface area contributed by atoms with Crippen LogP contribution in [0.25, 0.3) is 17.0 Å². The van der Waals surface area contributed by atoms with Crippen LogP contribution in [-0.4, -0.2) is 10.9 Å². The van der Waals surface area contributed by atoms with Gasteiger partial charge in [0.05, 0.1) is 5.52 Å². The fourth-order valence-corrected chi connectivity index (χ4v) is 2.52. The average molecular weight is 294 g/mol. The molecule has 0 atom stereocenters. The Morgan fingerprint density at radius 2 is 2.05 bits per heavy atom. The molecule has 1 heterocycles.